The number of hydrogen-bond acceptors (Lipinski definition) is 4. The maximum absolute atomic E-state index is 13.0. The van der Waals surface area contributed by atoms with E-state index in [4.69, 9.17) is 0 Å². The molecule has 0 unspecified atom stereocenters. The monoisotopic (exact) mass is 407 g/mol. The van der Waals surface area contributed by atoms with Gasteiger partial charge in [0.05, 0.1) is 0 Å². The highest BCUT2D eigenvalue weighted by Crippen LogP contribution is 2.34. The number of hydrogen-bond donors (Lipinski definition) is 3. The first-order valence-corrected chi connectivity index (χ1v) is 11.1. The summed E-state index contributed by atoms with van der Waals surface area (Å²) >= 11 is 0. The second-order valence-corrected chi connectivity index (χ2v) is 12.0. The van der Waals surface area contributed by atoms with E-state index in [2.05, 4.69) is 71.3 Å². The van der Waals surface area contributed by atoms with Crippen molar-refractivity contribution in [1.29, 1.82) is 0 Å². The van der Waals surface area contributed by atoms with Crippen LogP contribution in [-0.4, -0.2) is 69.2 Å². The largest absolute Gasteiger partial charge is 0.325 e. The molecule has 3 N–H and O–H groups in total. The first kappa shape index (κ1) is 22.3. The molecule has 29 heavy (non-hydrogen) atoms. The summed E-state index contributed by atoms with van der Waals surface area (Å²) in [5, 5.41) is 10.0. The molecule has 3 aliphatic rings. The molecule has 166 valence electrons. The van der Waals surface area contributed by atoms with E-state index in [-0.39, 0.29) is 46.3 Å². The second-order valence-electron chi connectivity index (χ2n) is 12.0. The predicted molar refractivity (Wildman–Crippen MR) is 116 cm³/mol. The molecule has 7 heteroatoms. The van der Waals surface area contributed by atoms with Gasteiger partial charge in [-0.25, -0.2) is 9.59 Å². The average molecular weight is 408 g/mol. The van der Waals surface area contributed by atoms with Gasteiger partial charge in [-0.05, 0) is 81.1 Å². The maximum atomic E-state index is 13.0. The number of urea groups is 2. The number of piperidine rings is 2. The molecule has 4 amide bonds. The summed E-state index contributed by atoms with van der Waals surface area (Å²) in [6.07, 6.45) is 3.52. The van der Waals surface area contributed by atoms with Crippen LogP contribution in [0.5, 0.6) is 0 Å². The Morgan fingerprint density at radius 2 is 0.897 bits per heavy atom. The van der Waals surface area contributed by atoms with Crippen LogP contribution in [0.15, 0.2) is 0 Å². The van der Waals surface area contributed by atoms with E-state index in [0.29, 0.717) is 13.1 Å². The molecule has 3 rings (SSSR count). The van der Waals surface area contributed by atoms with Gasteiger partial charge in [-0.3, -0.25) is 5.32 Å². The number of imide groups is 1. The Balaban J connectivity index is 1.77. The van der Waals surface area contributed by atoms with Crippen molar-refractivity contribution < 1.29 is 9.59 Å². The summed E-state index contributed by atoms with van der Waals surface area (Å²) in [6, 6.07) is -0.253. The van der Waals surface area contributed by atoms with Gasteiger partial charge < -0.3 is 20.4 Å². The van der Waals surface area contributed by atoms with Gasteiger partial charge in [0.15, 0.2) is 0 Å². The summed E-state index contributed by atoms with van der Waals surface area (Å²) < 4.78 is 0. The summed E-state index contributed by atoms with van der Waals surface area (Å²) in [7, 11) is 0. The Labute approximate surface area is 176 Å². The topological polar surface area (TPSA) is 76.7 Å². The number of amides is 4. The third kappa shape index (κ3) is 5.23. The van der Waals surface area contributed by atoms with Crippen LogP contribution in [0.4, 0.5) is 9.59 Å². The van der Waals surface area contributed by atoms with Gasteiger partial charge in [0, 0.05) is 47.3 Å². The van der Waals surface area contributed by atoms with Crippen LogP contribution in [0, 0.1) is 0 Å². The van der Waals surface area contributed by atoms with Crippen LogP contribution in [-0.2, 0) is 0 Å². The fourth-order valence-electron chi connectivity index (χ4n) is 6.33. The van der Waals surface area contributed by atoms with Gasteiger partial charge in [0.25, 0.3) is 0 Å². The van der Waals surface area contributed by atoms with E-state index in [9.17, 15) is 9.59 Å². The zero-order chi connectivity index (χ0) is 21.8. The summed E-state index contributed by atoms with van der Waals surface area (Å²) in [5.74, 6) is 0. The maximum Gasteiger partial charge on any atom is 0.325 e. The van der Waals surface area contributed by atoms with E-state index in [1.165, 1.54) is 0 Å². The lowest BCUT2D eigenvalue weighted by Gasteiger charge is -2.50. The minimum Gasteiger partial charge on any atom is -0.320 e. The Morgan fingerprint density at radius 1 is 0.621 bits per heavy atom. The zero-order valence-corrected chi connectivity index (χ0v) is 19.6. The molecule has 0 aliphatic carbocycles. The third-order valence-electron chi connectivity index (χ3n) is 6.54. The summed E-state index contributed by atoms with van der Waals surface area (Å²) in [4.78, 5) is 29.7. The minimum absolute atomic E-state index is 0.0498. The van der Waals surface area contributed by atoms with Crippen molar-refractivity contribution in [2.24, 2.45) is 0 Å². The molecule has 3 aliphatic heterocycles. The quantitative estimate of drug-likeness (QED) is 0.658. The Kier molecular flexibility index (Phi) is 5.49. The lowest BCUT2D eigenvalue weighted by molar-refractivity contribution is 0.0701. The number of rotatable bonds is 2. The molecule has 3 saturated heterocycles. The normalized spacial score (nSPS) is 30.1. The number of carbonyl (C=O) groups is 2. The minimum atomic E-state index is -0.247. The highest BCUT2D eigenvalue weighted by molar-refractivity contribution is 5.94. The van der Waals surface area contributed by atoms with E-state index in [1.807, 2.05) is 9.80 Å². The Morgan fingerprint density at radius 3 is 1.17 bits per heavy atom. The van der Waals surface area contributed by atoms with E-state index < -0.39 is 0 Å². The molecule has 0 aromatic carbocycles. The van der Waals surface area contributed by atoms with Crippen LogP contribution in [0.3, 0.4) is 0 Å². The molecular formula is C22H41N5O2. The molecule has 0 aromatic rings. The van der Waals surface area contributed by atoms with Gasteiger partial charge in [-0.15, -0.1) is 0 Å². The molecule has 0 radical (unpaired) electrons. The third-order valence-corrected chi connectivity index (χ3v) is 6.54. The van der Waals surface area contributed by atoms with Crippen LogP contribution >= 0.6 is 0 Å². The first-order valence-electron chi connectivity index (χ1n) is 11.1. The molecular weight excluding hydrogens is 366 g/mol. The summed E-state index contributed by atoms with van der Waals surface area (Å²) in [5.41, 5.74) is -0.199. The lowest BCUT2D eigenvalue weighted by atomic mass is 9.78. The average Bonchev–Trinajstić information content (AvgIpc) is 2.58. The molecule has 0 saturated carbocycles. The molecule has 0 bridgehead atoms. The van der Waals surface area contributed by atoms with Gasteiger partial charge >= 0.3 is 12.1 Å². The molecule has 7 nitrogen and oxygen atoms in total. The Bertz CT molecular complexity index is 582. The van der Waals surface area contributed by atoms with Crippen LogP contribution in [0.1, 0.15) is 81.1 Å². The fourth-order valence-corrected chi connectivity index (χ4v) is 6.33. The number of carbonyl (C=O) groups excluding carboxylic acids is 2. The van der Waals surface area contributed by atoms with Gasteiger partial charge in [-0.1, -0.05) is 0 Å². The molecule has 0 atom stereocenters. The molecule has 3 heterocycles. The van der Waals surface area contributed by atoms with Gasteiger partial charge in [-0.2, -0.15) is 0 Å². The highest BCUT2D eigenvalue weighted by atomic mass is 16.2. The van der Waals surface area contributed by atoms with Crippen molar-refractivity contribution in [1.82, 2.24) is 25.8 Å². The van der Waals surface area contributed by atoms with E-state index in [0.717, 1.165) is 25.7 Å². The van der Waals surface area contributed by atoms with Gasteiger partial charge in [0.2, 0.25) is 0 Å². The number of nitrogens with zero attached hydrogens (tertiary/aromatic N) is 2. The summed E-state index contributed by atoms with van der Waals surface area (Å²) in [6.45, 7) is 18.7. The fraction of sp³-hybridized carbons (Fsp3) is 0.909. The Hall–Kier alpha value is -1.34. The lowest BCUT2D eigenvalue weighted by Crippen LogP contribution is -2.63. The second kappa shape index (κ2) is 7.12. The standard InChI is InChI=1S/C22H41N5O2/c1-19(2)11-15(12-20(3,4)24-19)26-9-10-27(18(29)23-17(26)28)16-13-21(5,6)25-22(7,8)14-16/h15-16,24-25H,9-14H2,1-8H3,(H,23,28,29). The van der Waals surface area contributed by atoms with E-state index >= 15 is 0 Å². The van der Waals surface area contributed by atoms with E-state index in [1.54, 1.807) is 0 Å². The predicted octanol–water partition coefficient (Wildman–Crippen LogP) is 3.05. The highest BCUT2D eigenvalue weighted by Gasteiger charge is 2.45. The van der Waals surface area contributed by atoms with Crippen molar-refractivity contribution in [3.05, 3.63) is 0 Å². The van der Waals surface area contributed by atoms with Crippen LogP contribution in [0.2, 0.25) is 0 Å². The van der Waals surface area contributed by atoms with Crippen molar-refractivity contribution in [3.63, 3.8) is 0 Å². The smallest absolute Gasteiger partial charge is 0.320 e. The molecule has 0 aromatic heterocycles. The van der Waals surface area contributed by atoms with Gasteiger partial charge in [0.1, 0.15) is 0 Å². The first-order chi connectivity index (χ1) is 13.1. The molecule has 3 fully saturated rings. The zero-order valence-electron chi connectivity index (χ0n) is 19.6. The van der Waals surface area contributed by atoms with Crippen molar-refractivity contribution in [2.75, 3.05) is 13.1 Å². The van der Waals surface area contributed by atoms with Crippen molar-refractivity contribution >= 4 is 12.1 Å². The molecule has 0 spiro atoms. The van der Waals surface area contributed by atoms with Crippen LogP contribution in [0.25, 0.3) is 0 Å². The van der Waals surface area contributed by atoms with Crippen LogP contribution < -0.4 is 16.0 Å². The van der Waals surface area contributed by atoms with Crippen molar-refractivity contribution in [3.8, 4) is 0 Å². The van der Waals surface area contributed by atoms with Crippen molar-refractivity contribution in [2.45, 2.75) is 115 Å². The SMILES string of the molecule is CC1(C)CC(N2CCN(C3CC(C)(C)NC(C)(C)C3)C(=O)NC2=O)CC(C)(C)N1. The number of nitrogens with one attached hydrogen (secondary N) is 3.